The van der Waals surface area contributed by atoms with Gasteiger partial charge in [0.2, 0.25) is 10.0 Å². The maximum absolute atomic E-state index is 12.9. The van der Waals surface area contributed by atoms with Crippen LogP contribution in [0.15, 0.2) is 29.2 Å². The molecule has 0 unspecified atom stereocenters. The van der Waals surface area contributed by atoms with Gasteiger partial charge in [-0.15, -0.1) is 0 Å². The van der Waals surface area contributed by atoms with Crippen molar-refractivity contribution in [1.29, 1.82) is 0 Å². The Kier molecular flexibility index (Phi) is 4.20. The summed E-state index contributed by atoms with van der Waals surface area (Å²) in [6.07, 6.45) is 6.43. The zero-order chi connectivity index (χ0) is 15.9. The van der Waals surface area contributed by atoms with Crippen LogP contribution in [-0.4, -0.2) is 38.9 Å². The summed E-state index contributed by atoms with van der Waals surface area (Å²) in [5.41, 5.74) is 1.31. The number of sulfonamides is 1. The molecule has 0 amide bonds. The van der Waals surface area contributed by atoms with E-state index in [2.05, 4.69) is 5.32 Å². The second kappa shape index (κ2) is 6.19. The van der Waals surface area contributed by atoms with Gasteiger partial charge in [0.1, 0.15) is 0 Å². The first-order chi connectivity index (χ1) is 11.1. The van der Waals surface area contributed by atoms with Crippen LogP contribution in [0.2, 0.25) is 0 Å². The van der Waals surface area contributed by atoms with Gasteiger partial charge in [0.25, 0.3) is 0 Å². The Balaban J connectivity index is 1.50. The average Bonchev–Trinajstić information content (AvgIpc) is 3.18. The Morgan fingerprint density at radius 3 is 2.13 bits per heavy atom. The first-order valence-electron chi connectivity index (χ1n) is 8.95. The number of nitrogens with one attached hydrogen (secondary N) is 1. The van der Waals surface area contributed by atoms with E-state index in [-0.39, 0.29) is 0 Å². The summed E-state index contributed by atoms with van der Waals surface area (Å²) in [6.45, 7) is 3.25. The van der Waals surface area contributed by atoms with Gasteiger partial charge in [0, 0.05) is 13.1 Å². The third-order valence-electron chi connectivity index (χ3n) is 5.95. The first kappa shape index (κ1) is 15.6. The summed E-state index contributed by atoms with van der Waals surface area (Å²) in [7, 11) is -3.32. The van der Waals surface area contributed by atoms with E-state index in [1.165, 1.54) is 37.7 Å². The van der Waals surface area contributed by atoms with E-state index in [4.69, 9.17) is 0 Å². The number of hydrogen-bond donors (Lipinski definition) is 1. The van der Waals surface area contributed by atoms with Gasteiger partial charge in [-0.3, -0.25) is 0 Å². The normalized spacial score (nSPS) is 29.7. The van der Waals surface area contributed by atoms with E-state index in [1.807, 2.05) is 24.3 Å². The standard InChI is InChI=1S/C18H26N2O2S/c21-23(22,20-12-16-10-19-11-17(16)13-20)18-8-6-15(7-9-18)14-4-2-1-3-5-14/h6-9,14,16-17,19H,1-5,10-13H2/t16-,17+. The van der Waals surface area contributed by atoms with Gasteiger partial charge < -0.3 is 5.32 Å². The van der Waals surface area contributed by atoms with Crippen molar-refractivity contribution in [1.82, 2.24) is 9.62 Å². The molecule has 1 aromatic carbocycles. The maximum atomic E-state index is 12.9. The summed E-state index contributed by atoms with van der Waals surface area (Å²) in [5.74, 6) is 1.61. The van der Waals surface area contributed by atoms with Gasteiger partial charge >= 0.3 is 0 Å². The lowest BCUT2D eigenvalue weighted by molar-refractivity contribution is 0.442. The molecule has 1 N–H and O–H groups in total. The van der Waals surface area contributed by atoms with Gasteiger partial charge in [-0.2, -0.15) is 4.31 Å². The van der Waals surface area contributed by atoms with Crippen LogP contribution in [0.1, 0.15) is 43.6 Å². The van der Waals surface area contributed by atoms with E-state index < -0.39 is 10.0 Å². The summed E-state index contributed by atoms with van der Waals surface area (Å²) >= 11 is 0. The third-order valence-corrected chi connectivity index (χ3v) is 7.80. The minimum absolute atomic E-state index is 0.463. The molecule has 2 atom stereocenters. The quantitative estimate of drug-likeness (QED) is 0.924. The maximum Gasteiger partial charge on any atom is 0.243 e. The molecule has 0 aromatic heterocycles. The molecule has 5 heteroatoms. The zero-order valence-electron chi connectivity index (χ0n) is 13.6. The van der Waals surface area contributed by atoms with Crippen LogP contribution in [0.4, 0.5) is 0 Å². The Labute approximate surface area is 139 Å². The number of fused-ring (bicyclic) bond motifs is 1. The molecule has 2 saturated heterocycles. The van der Waals surface area contributed by atoms with E-state index in [0.717, 1.165) is 13.1 Å². The van der Waals surface area contributed by atoms with Gasteiger partial charge in [-0.05, 0) is 61.4 Å². The van der Waals surface area contributed by atoms with Crippen LogP contribution >= 0.6 is 0 Å². The Hall–Kier alpha value is -0.910. The van der Waals surface area contributed by atoms with Crippen molar-refractivity contribution in [2.45, 2.75) is 42.9 Å². The highest BCUT2D eigenvalue weighted by molar-refractivity contribution is 7.89. The molecule has 0 radical (unpaired) electrons. The van der Waals surface area contributed by atoms with Crippen molar-refractivity contribution >= 4 is 10.0 Å². The molecule has 126 valence electrons. The fraction of sp³-hybridized carbons (Fsp3) is 0.667. The third kappa shape index (κ3) is 2.94. The van der Waals surface area contributed by atoms with Crippen LogP contribution < -0.4 is 5.32 Å². The highest BCUT2D eigenvalue weighted by Gasteiger charge is 2.41. The smallest absolute Gasteiger partial charge is 0.243 e. The lowest BCUT2D eigenvalue weighted by Crippen LogP contribution is -2.31. The molecule has 0 spiro atoms. The molecule has 23 heavy (non-hydrogen) atoms. The molecule has 1 saturated carbocycles. The van der Waals surface area contributed by atoms with Crippen LogP contribution in [0.5, 0.6) is 0 Å². The van der Waals surface area contributed by atoms with Gasteiger partial charge in [-0.25, -0.2) is 8.42 Å². The number of benzene rings is 1. The van der Waals surface area contributed by atoms with Crippen molar-refractivity contribution in [3.63, 3.8) is 0 Å². The predicted molar refractivity (Wildman–Crippen MR) is 90.9 cm³/mol. The summed E-state index contributed by atoms with van der Waals surface area (Å²) < 4.78 is 27.4. The largest absolute Gasteiger partial charge is 0.316 e. The average molecular weight is 334 g/mol. The highest BCUT2D eigenvalue weighted by atomic mass is 32.2. The Morgan fingerprint density at radius 2 is 1.52 bits per heavy atom. The summed E-state index contributed by atoms with van der Waals surface area (Å²) in [6, 6.07) is 7.74. The molecule has 4 nitrogen and oxygen atoms in total. The molecule has 3 aliphatic rings. The first-order valence-corrected chi connectivity index (χ1v) is 10.4. The number of hydrogen-bond acceptors (Lipinski definition) is 3. The fourth-order valence-corrected chi connectivity index (χ4v) is 6.06. The fourth-order valence-electron chi connectivity index (χ4n) is 4.51. The molecule has 1 aliphatic carbocycles. The molecule has 3 fully saturated rings. The molecule has 2 heterocycles. The molecular weight excluding hydrogens is 308 g/mol. The summed E-state index contributed by atoms with van der Waals surface area (Å²) in [5, 5.41) is 3.36. The van der Waals surface area contributed by atoms with Crippen molar-refractivity contribution < 1.29 is 8.42 Å². The zero-order valence-corrected chi connectivity index (χ0v) is 14.4. The predicted octanol–water partition coefficient (Wildman–Crippen LogP) is 2.57. The molecule has 1 aromatic rings. The van der Waals surface area contributed by atoms with Gasteiger partial charge in [0.05, 0.1) is 4.90 Å². The molecule has 0 bridgehead atoms. The second-order valence-corrected chi connectivity index (χ2v) is 9.34. The number of nitrogens with zero attached hydrogens (tertiary/aromatic N) is 1. The van der Waals surface area contributed by atoms with Crippen molar-refractivity contribution in [3.8, 4) is 0 Å². The van der Waals surface area contributed by atoms with E-state index in [9.17, 15) is 8.42 Å². The lowest BCUT2D eigenvalue weighted by atomic mass is 9.84. The van der Waals surface area contributed by atoms with Crippen LogP contribution in [0, 0.1) is 11.8 Å². The Morgan fingerprint density at radius 1 is 0.913 bits per heavy atom. The summed E-state index contributed by atoms with van der Waals surface area (Å²) in [4.78, 5) is 0.463. The second-order valence-electron chi connectivity index (χ2n) is 7.40. The van der Waals surface area contributed by atoms with Gasteiger partial charge in [-0.1, -0.05) is 31.4 Å². The van der Waals surface area contributed by atoms with Crippen molar-refractivity contribution in [2.24, 2.45) is 11.8 Å². The molecule has 4 rings (SSSR count). The lowest BCUT2D eigenvalue weighted by Gasteiger charge is -2.22. The monoisotopic (exact) mass is 334 g/mol. The molecular formula is C18H26N2O2S. The van der Waals surface area contributed by atoms with Crippen LogP contribution in [0.25, 0.3) is 0 Å². The minimum Gasteiger partial charge on any atom is -0.316 e. The SMILES string of the molecule is O=S(=O)(c1ccc(C2CCCCC2)cc1)N1C[C@H]2CNC[C@H]2C1. The minimum atomic E-state index is -3.32. The topological polar surface area (TPSA) is 49.4 Å². The highest BCUT2D eigenvalue weighted by Crippen LogP contribution is 2.34. The van der Waals surface area contributed by atoms with E-state index in [1.54, 1.807) is 4.31 Å². The van der Waals surface area contributed by atoms with Crippen LogP contribution in [0.3, 0.4) is 0 Å². The Bertz CT molecular complexity index is 638. The molecule has 2 aliphatic heterocycles. The number of rotatable bonds is 3. The van der Waals surface area contributed by atoms with Crippen LogP contribution in [-0.2, 0) is 10.0 Å². The van der Waals surface area contributed by atoms with Crippen molar-refractivity contribution in [3.05, 3.63) is 29.8 Å². The van der Waals surface area contributed by atoms with E-state index >= 15 is 0 Å². The van der Waals surface area contributed by atoms with Gasteiger partial charge in [0.15, 0.2) is 0 Å². The van der Waals surface area contributed by atoms with Crippen molar-refractivity contribution in [2.75, 3.05) is 26.2 Å². The van der Waals surface area contributed by atoms with E-state index in [0.29, 0.717) is 35.7 Å².